The number of non-ortho nitro benzene ring substituents is 1. The summed E-state index contributed by atoms with van der Waals surface area (Å²) < 4.78 is 10.7. The molecule has 0 aliphatic rings. The quantitative estimate of drug-likeness (QED) is 0.0753. The molecule has 0 radical (unpaired) electrons. The van der Waals surface area contributed by atoms with Gasteiger partial charge in [0.15, 0.2) is 0 Å². The summed E-state index contributed by atoms with van der Waals surface area (Å²) in [7, 11) is 0. The van der Waals surface area contributed by atoms with Crippen molar-refractivity contribution in [2.24, 2.45) is 0 Å². The van der Waals surface area contributed by atoms with E-state index in [0.717, 1.165) is 10.6 Å². The third kappa shape index (κ3) is 7.45. The number of hydrogen-bond donors (Lipinski definition) is 0. The summed E-state index contributed by atoms with van der Waals surface area (Å²) in [6, 6.07) is 18.5. The fourth-order valence-electron chi connectivity index (χ4n) is 3.03. The molecule has 0 fully saturated rings. The average Bonchev–Trinajstić information content (AvgIpc) is 2.85. The highest BCUT2D eigenvalue weighted by molar-refractivity contribution is 7.99. The van der Waals surface area contributed by atoms with Crippen LogP contribution in [0.1, 0.15) is 53.3 Å². The molecule has 0 aliphatic heterocycles. The van der Waals surface area contributed by atoms with E-state index in [1.807, 2.05) is 12.1 Å². The maximum absolute atomic E-state index is 12.4. The van der Waals surface area contributed by atoms with Gasteiger partial charge < -0.3 is 9.47 Å². The molecule has 7 nitrogen and oxygen atoms in total. The van der Waals surface area contributed by atoms with E-state index >= 15 is 0 Å². The highest BCUT2D eigenvalue weighted by atomic mass is 32.2. The zero-order valence-corrected chi connectivity index (χ0v) is 19.6. The van der Waals surface area contributed by atoms with Crippen LogP contribution in [0.3, 0.4) is 0 Å². The predicted octanol–water partition coefficient (Wildman–Crippen LogP) is 6.71. The normalized spacial score (nSPS) is 10.5. The molecule has 3 aromatic rings. The van der Waals surface area contributed by atoms with Crippen molar-refractivity contribution in [3.63, 3.8) is 0 Å². The fourth-order valence-corrected chi connectivity index (χ4v) is 3.95. The number of nitrogens with zero attached hydrogens (tertiary/aromatic N) is 1. The summed E-state index contributed by atoms with van der Waals surface area (Å²) in [4.78, 5) is 35.9. The van der Waals surface area contributed by atoms with Crippen molar-refractivity contribution in [2.75, 3.05) is 5.75 Å². The molecule has 0 heterocycles. The van der Waals surface area contributed by atoms with Crippen LogP contribution in [0.15, 0.2) is 77.7 Å². The van der Waals surface area contributed by atoms with E-state index in [-0.39, 0.29) is 17.0 Å². The number of esters is 2. The maximum Gasteiger partial charge on any atom is 0.343 e. The predicted molar refractivity (Wildman–Crippen MR) is 131 cm³/mol. The topological polar surface area (TPSA) is 95.7 Å². The second kappa shape index (κ2) is 12.6. The molecule has 0 saturated heterocycles. The van der Waals surface area contributed by atoms with Gasteiger partial charge in [-0.05, 0) is 72.8 Å². The molecule has 0 aromatic heterocycles. The van der Waals surface area contributed by atoms with E-state index in [1.54, 1.807) is 23.9 Å². The highest BCUT2D eigenvalue weighted by Gasteiger charge is 2.13. The largest absolute Gasteiger partial charge is 0.423 e. The zero-order valence-electron chi connectivity index (χ0n) is 18.8. The first kappa shape index (κ1) is 25.0. The zero-order chi connectivity index (χ0) is 24.3. The first-order valence-electron chi connectivity index (χ1n) is 11.0. The molecule has 3 rings (SSSR count). The molecule has 0 aliphatic carbocycles. The highest BCUT2D eigenvalue weighted by Crippen LogP contribution is 2.23. The van der Waals surface area contributed by atoms with Crippen LogP contribution in [0, 0.1) is 10.1 Å². The molecule has 0 amide bonds. The number of nitro benzene ring substituents is 1. The molecule has 0 atom stereocenters. The standard InChI is InChI=1S/C26H25NO6S/c1-2-3-4-5-18-34-24-16-8-20(9-17-24)26(29)33-23-14-12-22(13-15-23)32-25(28)19-6-10-21(11-7-19)27(30)31/h6-17H,2-5,18H2,1H3. The number of thioether (sulfide) groups is 1. The Hall–Kier alpha value is -3.65. The Kier molecular flexibility index (Phi) is 9.22. The van der Waals surface area contributed by atoms with Crippen molar-refractivity contribution in [1.29, 1.82) is 0 Å². The molecular weight excluding hydrogens is 454 g/mol. The summed E-state index contributed by atoms with van der Waals surface area (Å²) in [5.41, 5.74) is 0.520. The number of rotatable bonds is 11. The summed E-state index contributed by atoms with van der Waals surface area (Å²) in [5.74, 6) is 0.501. The van der Waals surface area contributed by atoms with E-state index in [2.05, 4.69) is 6.92 Å². The van der Waals surface area contributed by atoms with Gasteiger partial charge in [-0.25, -0.2) is 9.59 Å². The van der Waals surface area contributed by atoms with Gasteiger partial charge in [0.2, 0.25) is 0 Å². The Bertz CT molecular complexity index is 1110. The number of hydrogen-bond acceptors (Lipinski definition) is 7. The Morgan fingerprint density at radius 2 is 1.26 bits per heavy atom. The van der Waals surface area contributed by atoms with Gasteiger partial charge in [0.05, 0.1) is 16.1 Å². The van der Waals surface area contributed by atoms with Gasteiger partial charge in [-0.1, -0.05) is 26.2 Å². The third-order valence-electron chi connectivity index (χ3n) is 4.92. The molecule has 0 bridgehead atoms. The molecule has 8 heteroatoms. The van der Waals surface area contributed by atoms with E-state index in [1.165, 1.54) is 74.2 Å². The first-order valence-corrected chi connectivity index (χ1v) is 12.0. The molecule has 0 spiro atoms. The fraction of sp³-hybridized carbons (Fsp3) is 0.231. The van der Waals surface area contributed by atoms with E-state index < -0.39 is 16.9 Å². The van der Waals surface area contributed by atoms with Crippen LogP contribution in [0.25, 0.3) is 0 Å². The minimum absolute atomic E-state index is 0.112. The minimum Gasteiger partial charge on any atom is -0.423 e. The van der Waals surface area contributed by atoms with Crippen molar-refractivity contribution in [2.45, 2.75) is 37.5 Å². The Morgan fingerprint density at radius 3 is 1.74 bits per heavy atom. The molecular formula is C26H25NO6S. The Labute approximate surface area is 202 Å². The van der Waals surface area contributed by atoms with Gasteiger partial charge >= 0.3 is 11.9 Å². The second-order valence-electron chi connectivity index (χ2n) is 7.49. The SMILES string of the molecule is CCCCCCSc1ccc(C(=O)Oc2ccc(OC(=O)c3ccc([N+](=O)[O-])cc3)cc2)cc1. The summed E-state index contributed by atoms with van der Waals surface area (Å²) in [5, 5.41) is 10.7. The summed E-state index contributed by atoms with van der Waals surface area (Å²) in [6.45, 7) is 2.19. The van der Waals surface area contributed by atoms with Crippen molar-refractivity contribution < 1.29 is 24.0 Å². The monoisotopic (exact) mass is 479 g/mol. The van der Waals surface area contributed by atoms with E-state index in [0.29, 0.717) is 11.3 Å². The lowest BCUT2D eigenvalue weighted by atomic mass is 10.2. The van der Waals surface area contributed by atoms with Crippen LogP contribution in [0.5, 0.6) is 11.5 Å². The van der Waals surface area contributed by atoms with Crippen molar-refractivity contribution >= 4 is 29.4 Å². The number of benzene rings is 3. The van der Waals surface area contributed by atoms with Crippen molar-refractivity contribution in [3.8, 4) is 11.5 Å². The molecule has 176 valence electrons. The smallest absolute Gasteiger partial charge is 0.343 e. The van der Waals surface area contributed by atoms with Gasteiger partial charge in [-0.15, -0.1) is 11.8 Å². The molecule has 34 heavy (non-hydrogen) atoms. The van der Waals surface area contributed by atoms with Crippen LogP contribution < -0.4 is 9.47 Å². The lowest BCUT2D eigenvalue weighted by Gasteiger charge is -2.07. The Balaban J connectivity index is 1.50. The van der Waals surface area contributed by atoms with E-state index in [4.69, 9.17) is 9.47 Å². The van der Waals surface area contributed by atoms with Crippen LogP contribution >= 0.6 is 11.8 Å². The second-order valence-corrected chi connectivity index (χ2v) is 8.66. The number of ether oxygens (including phenoxy) is 2. The van der Waals surface area contributed by atoms with Crippen LogP contribution in [-0.2, 0) is 0 Å². The molecule has 0 N–H and O–H groups in total. The van der Waals surface area contributed by atoms with Gasteiger partial charge in [0, 0.05) is 17.0 Å². The van der Waals surface area contributed by atoms with Crippen LogP contribution in [-0.4, -0.2) is 22.6 Å². The van der Waals surface area contributed by atoms with Gasteiger partial charge in [0.1, 0.15) is 11.5 Å². The lowest BCUT2D eigenvalue weighted by Crippen LogP contribution is -2.09. The summed E-state index contributed by atoms with van der Waals surface area (Å²) in [6.07, 6.45) is 4.90. The average molecular weight is 480 g/mol. The number of unbranched alkanes of at least 4 members (excludes halogenated alkanes) is 3. The van der Waals surface area contributed by atoms with Crippen LogP contribution in [0.4, 0.5) is 5.69 Å². The number of carbonyl (C=O) groups excluding carboxylic acids is 2. The third-order valence-corrected chi connectivity index (χ3v) is 6.01. The number of nitro groups is 1. The van der Waals surface area contributed by atoms with Gasteiger partial charge in [-0.2, -0.15) is 0 Å². The molecule has 3 aromatic carbocycles. The maximum atomic E-state index is 12.4. The van der Waals surface area contributed by atoms with Crippen molar-refractivity contribution in [1.82, 2.24) is 0 Å². The van der Waals surface area contributed by atoms with Crippen molar-refractivity contribution in [3.05, 3.63) is 94.0 Å². The molecule has 0 saturated carbocycles. The number of carbonyl (C=O) groups is 2. The van der Waals surface area contributed by atoms with Crippen LogP contribution in [0.2, 0.25) is 0 Å². The Morgan fingerprint density at radius 1 is 0.765 bits per heavy atom. The lowest BCUT2D eigenvalue weighted by molar-refractivity contribution is -0.384. The minimum atomic E-state index is -0.650. The van der Waals surface area contributed by atoms with E-state index in [9.17, 15) is 19.7 Å². The van der Waals surface area contributed by atoms with Gasteiger partial charge in [0.25, 0.3) is 5.69 Å². The first-order chi connectivity index (χ1) is 16.5. The van der Waals surface area contributed by atoms with Gasteiger partial charge in [-0.3, -0.25) is 10.1 Å². The summed E-state index contributed by atoms with van der Waals surface area (Å²) >= 11 is 1.78. The molecule has 0 unspecified atom stereocenters.